The van der Waals surface area contributed by atoms with Gasteiger partial charge in [0.05, 0.1) is 6.04 Å². The Labute approximate surface area is 141 Å². The highest BCUT2D eigenvalue weighted by Gasteiger charge is 2.37. The number of aromatic amines is 1. The van der Waals surface area contributed by atoms with Gasteiger partial charge in [0, 0.05) is 36.1 Å². The van der Waals surface area contributed by atoms with Crippen molar-refractivity contribution in [3.63, 3.8) is 0 Å². The average molecular weight is 353 g/mol. The summed E-state index contributed by atoms with van der Waals surface area (Å²) in [5.41, 5.74) is 7.89. The molecule has 136 valence electrons. The van der Waals surface area contributed by atoms with Gasteiger partial charge in [0.25, 0.3) is 5.56 Å². The maximum atomic E-state index is 11.9. The number of nitrogens with zero attached hydrogens (tertiary/aromatic N) is 4. The van der Waals surface area contributed by atoms with Crippen molar-refractivity contribution in [2.24, 2.45) is 5.11 Å². The van der Waals surface area contributed by atoms with Crippen LogP contribution < -0.4 is 11.2 Å². The molecule has 2 rings (SSSR count). The molecule has 1 aliphatic heterocycles. The van der Waals surface area contributed by atoms with Gasteiger partial charge in [-0.3, -0.25) is 19.1 Å². The highest BCUT2D eigenvalue weighted by molar-refractivity contribution is 5.69. The van der Waals surface area contributed by atoms with Gasteiger partial charge < -0.3 is 14.6 Å². The lowest BCUT2D eigenvalue weighted by Crippen LogP contribution is -2.33. The van der Waals surface area contributed by atoms with E-state index in [1.165, 1.54) is 10.8 Å². The Morgan fingerprint density at radius 2 is 2.36 bits per heavy atom. The Balaban J connectivity index is 2.10. The first-order chi connectivity index (χ1) is 12.0. The number of carbonyl (C=O) groups excluding carboxylic acids is 1. The van der Waals surface area contributed by atoms with Crippen molar-refractivity contribution < 1.29 is 19.4 Å². The van der Waals surface area contributed by atoms with Crippen molar-refractivity contribution in [1.29, 1.82) is 0 Å². The Kier molecular flexibility index (Phi) is 6.34. The summed E-state index contributed by atoms with van der Waals surface area (Å²) in [5.74, 6) is -0.502. The number of carbonyl (C=O) groups is 1. The van der Waals surface area contributed by atoms with Crippen LogP contribution in [0.1, 0.15) is 31.1 Å². The van der Waals surface area contributed by atoms with Crippen LogP contribution in [-0.2, 0) is 14.3 Å². The fraction of sp³-hybridized carbons (Fsp3) is 0.643. The van der Waals surface area contributed by atoms with Gasteiger partial charge in [0.1, 0.15) is 18.9 Å². The highest BCUT2D eigenvalue weighted by Crippen LogP contribution is 2.30. The van der Waals surface area contributed by atoms with Gasteiger partial charge in [-0.15, -0.1) is 0 Å². The molecule has 0 spiro atoms. The van der Waals surface area contributed by atoms with Crippen molar-refractivity contribution in [3.05, 3.63) is 43.0 Å². The number of aliphatic hydroxyl groups excluding tert-OH is 1. The fourth-order valence-corrected chi connectivity index (χ4v) is 2.49. The Hall–Kier alpha value is -2.62. The minimum Gasteiger partial charge on any atom is -0.463 e. The smallest absolute Gasteiger partial charge is 0.330 e. The molecule has 11 heteroatoms. The van der Waals surface area contributed by atoms with Gasteiger partial charge in [-0.25, -0.2) is 4.79 Å². The molecule has 1 aromatic heterocycles. The van der Waals surface area contributed by atoms with Crippen LogP contribution in [0, 0.1) is 6.92 Å². The number of hydrogen-bond acceptors (Lipinski definition) is 7. The Morgan fingerprint density at radius 3 is 3.04 bits per heavy atom. The van der Waals surface area contributed by atoms with E-state index in [9.17, 15) is 14.4 Å². The topological polar surface area (TPSA) is 159 Å². The first-order valence-electron chi connectivity index (χ1n) is 7.74. The SMILES string of the molecule is Cc1cn([C@H]2C[C@H](N=[N+]=[N-])[C@@H](COC(=O)CCCO)O2)c(=O)[nH]c1=O. The van der Waals surface area contributed by atoms with E-state index in [0.717, 1.165) is 0 Å². The predicted octanol–water partition coefficient (Wildman–Crippen LogP) is 0.127. The van der Waals surface area contributed by atoms with E-state index >= 15 is 0 Å². The number of aryl methyl sites for hydroxylation is 1. The lowest BCUT2D eigenvalue weighted by Gasteiger charge is -2.16. The minimum absolute atomic E-state index is 0.0669. The summed E-state index contributed by atoms with van der Waals surface area (Å²) in [6, 6.07) is -0.625. The zero-order chi connectivity index (χ0) is 18.4. The number of azide groups is 1. The second kappa shape index (κ2) is 8.47. The van der Waals surface area contributed by atoms with Crippen molar-refractivity contribution >= 4 is 5.97 Å². The molecule has 0 aliphatic carbocycles. The molecule has 0 radical (unpaired) electrons. The maximum absolute atomic E-state index is 11.9. The molecule has 2 heterocycles. The van der Waals surface area contributed by atoms with Gasteiger partial charge >= 0.3 is 11.7 Å². The number of ether oxygens (including phenoxy) is 2. The average Bonchev–Trinajstić information content (AvgIpc) is 2.97. The minimum atomic E-state index is -0.750. The zero-order valence-corrected chi connectivity index (χ0v) is 13.6. The highest BCUT2D eigenvalue weighted by atomic mass is 16.6. The summed E-state index contributed by atoms with van der Waals surface area (Å²) < 4.78 is 12.0. The molecule has 11 nitrogen and oxygen atoms in total. The van der Waals surface area contributed by atoms with E-state index in [1.54, 1.807) is 6.92 Å². The molecule has 0 bridgehead atoms. The third-order valence-corrected chi connectivity index (χ3v) is 3.81. The molecule has 25 heavy (non-hydrogen) atoms. The normalized spacial score (nSPS) is 22.4. The molecule has 0 unspecified atom stereocenters. The Morgan fingerprint density at radius 1 is 1.60 bits per heavy atom. The maximum Gasteiger partial charge on any atom is 0.330 e. The van der Waals surface area contributed by atoms with Crippen molar-refractivity contribution in [1.82, 2.24) is 9.55 Å². The van der Waals surface area contributed by atoms with Gasteiger partial charge in [0.2, 0.25) is 0 Å². The summed E-state index contributed by atoms with van der Waals surface area (Å²) >= 11 is 0. The number of hydrogen-bond donors (Lipinski definition) is 2. The van der Waals surface area contributed by atoms with Gasteiger partial charge in [0.15, 0.2) is 0 Å². The molecule has 1 fully saturated rings. The molecule has 1 saturated heterocycles. The second-order valence-electron chi connectivity index (χ2n) is 5.63. The fourth-order valence-electron chi connectivity index (χ4n) is 2.49. The van der Waals surface area contributed by atoms with E-state index in [2.05, 4.69) is 15.0 Å². The van der Waals surface area contributed by atoms with Gasteiger partial charge in [-0.05, 0) is 18.9 Å². The van der Waals surface area contributed by atoms with E-state index < -0.39 is 35.6 Å². The van der Waals surface area contributed by atoms with Crippen molar-refractivity contribution in [3.8, 4) is 0 Å². The third-order valence-electron chi connectivity index (χ3n) is 3.81. The monoisotopic (exact) mass is 353 g/mol. The van der Waals surface area contributed by atoms with Crippen LogP contribution in [-0.4, -0.2) is 46.0 Å². The summed E-state index contributed by atoms with van der Waals surface area (Å²) in [5, 5.41) is 12.3. The van der Waals surface area contributed by atoms with Crippen molar-refractivity contribution in [2.45, 2.75) is 44.6 Å². The molecule has 1 aromatic rings. The van der Waals surface area contributed by atoms with Crippen molar-refractivity contribution in [2.75, 3.05) is 13.2 Å². The first-order valence-corrected chi connectivity index (χ1v) is 7.74. The van der Waals surface area contributed by atoms with Crippen LogP contribution in [0.4, 0.5) is 0 Å². The summed E-state index contributed by atoms with van der Waals surface area (Å²) in [7, 11) is 0. The van der Waals surface area contributed by atoms with E-state index in [4.69, 9.17) is 20.1 Å². The number of aromatic nitrogens is 2. The van der Waals surface area contributed by atoms with E-state index in [0.29, 0.717) is 12.0 Å². The summed E-state index contributed by atoms with van der Waals surface area (Å²) in [4.78, 5) is 39.9. The number of aliphatic hydroxyl groups is 1. The van der Waals surface area contributed by atoms with Crippen LogP contribution in [0.25, 0.3) is 10.4 Å². The number of rotatable bonds is 7. The van der Waals surface area contributed by atoms with Crippen LogP contribution in [0.15, 0.2) is 20.9 Å². The van der Waals surface area contributed by atoms with E-state index in [-0.39, 0.29) is 26.1 Å². The van der Waals surface area contributed by atoms with Crippen LogP contribution in [0.3, 0.4) is 0 Å². The predicted molar refractivity (Wildman–Crippen MR) is 84.8 cm³/mol. The summed E-state index contributed by atoms with van der Waals surface area (Å²) in [6.07, 6.45) is 0.469. The molecule has 3 atom stereocenters. The zero-order valence-electron chi connectivity index (χ0n) is 13.6. The molecule has 1 aliphatic rings. The van der Waals surface area contributed by atoms with Crippen LogP contribution >= 0.6 is 0 Å². The number of esters is 1. The molecular weight excluding hydrogens is 334 g/mol. The van der Waals surface area contributed by atoms with Crippen LogP contribution in [0.2, 0.25) is 0 Å². The standard InChI is InChI=1S/C14H19N5O6/c1-8-6-19(14(23)16-13(8)22)11-5-9(17-18-15)10(25-11)7-24-12(21)3-2-4-20/h6,9-11,20H,2-5,7H2,1H3,(H,16,22,23)/t9-,10+,11+/m0/s1. The van der Waals surface area contributed by atoms with Crippen LogP contribution in [0.5, 0.6) is 0 Å². The van der Waals surface area contributed by atoms with Gasteiger partial charge in [-0.2, -0.15) is 0 Å². The quantitative estimate of drug-likeness (QED) is 0.306. The third kappa shape index (κ3) is 4.69. The second-order valence-corrected chi connectivity index (χ2v) is 5.63. The first kappa shape index (κ1) is 18.7. The molecule has 0 saturated carbocycles. The molecule has 2 N–H and O–H groups in total. The van der Waals surface area contributed by atoms with E-state index in [1.807, 2.05) is 0 Å². The molecule has 0 amide bonds. The number of nitrogens with one attached hydrogen (secondary N) is 1. The Bertz CT molecular complexity index is 781. The lowest BCUT2D eigenvalue weighted by atomic mass is 10.1. The lowest BCUT2D eigenvalue weighted by molar-refractivity contribution is -0.149. The largest absolute Gasteiger partial charge is 0.463 e. The summed E-state index contributed by atoms with van der Waals surface area (Å²) in [6.45, 7) is 1.30. The van der Waals surface area contributed by atoms with Gasteiger partial charge in [-0.1, -0.05) is 5.11 Å². The molecule has 0 aromatic carbocycles. The number of H-pyrrole nitrogens is 1. The molecular formula is C14H19N5O6.